The van der Waals surface area contributed by atoms with Gasteiger partial charge in [0.05, 0.1) is 5.71 Å². The molecule has 2 aromatic carbocycles. The molecular formula is C21H23ClFN3O. The number of amides is 1. The lowest BCUT2D eigenvalue weighted by Crippen LogP contribution is -2.39. The van der Waals surface area contributed by atoms with E-state index in [1.165, 1.54) is 12.1 Å². The number of hydrogen-bond acceptors (Lipinski definition) is 3. The van der Waals surface area contributed by atoms with E-state index in [-0.39, 0.29) is 17.6 Å². The van der Waals surface area contributed by atoms with Crippen LogP contribution >= 0.6 is 11.6 Å². The molecule has 1 saturated heterocycles. The Morgan fingerprint density at radius 1 is 1.19 bits per heavy atom. The van der Waals surface area contributed by atoms with Crippen LogP contribution in [0.5, 0.6) is 0 Å². The SMILES string of the molecule is CC(=NNC(=O)C1CCN(Cc2ccccc2Cl)CC1)c1ccc(F)cc1. The first-order chi connectivity index (χ1) is 13.0. The van der Waals surface area contributed by atoms with Crippen LogP contribution in [-0.2, 0) is 11.3 Å². The zero-order valence-corrected chi connectivity index (χ0v) is 16.0. The number of carbonyl (C=O) groups excluding carboxylic acids is 1. The molecule has 2 aromatic rings. The third-order valence-electron chi connectivity index (χ3n) is 4.91. The zero-order chi connectivity index (χ0) is 19.2. The topological polar surface area (TPSA) is 44.7 Å². The highest BCUT2D eigenvalue weighted by molar-refractivity contribution is 6.31. The first-order valence-electron chi connectivity index (χ1n) is 9.09. The Hall–Kier alpha value is -2.24. The monoisotopic (exact) mass is 387 g/mol. The smallest absolute Gasteiger partial charge is 0.243 e. The third kappa shape index (κ3) is 5.37. The standard InChI is InChI=1S/C21H23ClFN3O/c1-15(16-6-8-19(23)9-7-16)24-25-21(27)17-10-12-26(13-11-17)14-18-4-2-3-5-20(18)22/h2-9,17H,10-14H2,1H3,(H,25,27). The highest BCUT2D eigenvalue weighted by Crippen LogP contribution is 2.22. The lowest BCUT2D eigenvalue weighted by Gasteiger charge is -2.31. The van der Waals surface area contributed by atoms with Crippen molar-refractivity contribution in [2.24, 2.45) is 11.0 Å². The van der Waals surface area contributed by atoms with Crippen molar-refractivity contribution in [3.63, 3.8) is 0 Å². The van der Waals surface area contributed by atoms with Crippen molar-refractivity contribution >= 4 is 23.2 Å². The molecule has 0 spiro atoms. The Morgan fingerprint density at radius 2 is 1.85 bits per heavy atom. The Balaban J connectivity index is 1.49. The Morgan fingerprint density at radius 3 is 2.52 bits per heavy atom. The van der Waals surface area contributed by atoms with Crippen molar-refractivity contribution in [1.29, 1.82) is 0 Å². The van der Waals surface area contributed by atoms with E-state index >= 15 is 0 Å². The van der Waals surface area contributed by atoms with Gasteiger partial charge in [0.1, 0.15) is 5.82 Å². The molecule has 0 unspecified atom stereocenters. The number of halogens is 2. The lowest BCUT2D eigenvalue weighted by molar-refractivity contribution is -0.126. The number of nitrogens with zero attached hydrogens (tertiary/aromatic N) is 2. The fourth-order valence-corrected chi connectivity index (χ4v) is 3.40. The van der Waals surface area contributed by atoms with Gasteiger partial charge in [0.25, 0.3) is 0 Å². The van der Waals surface area contributed by atoms with Gasteiger partial charge in [-0.1, -0.05) is 41.9 Å². The predicted molar refractivity (Wildman–Crippen MR) is 106 cm³/mol. The second kappa shape index (κ2) is 9.11. The van der Waals surface area contributed by atoms with Gasteiger partial charge in [0, 0.05) is 17.5 Å². The molecule has 0 saturated carbocycles. The van der Waals surface area contributed by atoms with Crippen LogP contribution in [0, 0.1) is 11.7 Å². The minimum Gasteiger partial charge on any atom is -0.299 e. The van der Waals surface area contributed by atoms with Gasteiger partial charge in [-0.15, -0.1) is 0 Å². The molecule has 0 radical (unpaired) electrons. The van der Waals surface area contributed by atoms with Crippen LogP contribution in [0.3, 0.4) is 0 Å². The number of rotatable bonds is 5. The van der Waals surface area contributed by atoms with Gasteiger partial charge in [0.2, 0.25) is 5.91 Å². The Bertz CT molecular complexity index is 814. The summed E-state index contributed by atoms with van der Waals surface area (Å²) in [6, 6.07) is 13.9. The highest BCUT2D eigenvalue weighted by Gasteiger charge is 2.25. The molecule has 1 fully saturated rings. The van der Waals surface area contributed by atoms with E-state index in [1.807, 2.05) is 24.3 Å². The molecule has 0 aromatic heterocycles. The third-order valence-corrected chi connectivity index (χ3v) is 5.27. The van der Waals surface area contributed by atoms with Crippen LogP contribution in [0.2, 0.25) is 5.02 Å². The van der Waals surface area contributed by atoms with Crippen molar-refractivity contribution in [3.05, 3.63) is 70.5 Å². The van der Waals surface area contributed by atoms with Gasteiger partial charge >= 0.3 is 0 Å². The molecule has 0 aliphatic carbocycles. The summed E-state index contributed by atoms with van der Waals surface area (Å²) in [5, 5.41) is 4.94. The summed E-state index contributed by atoms with van der Waals surface area (Å²) in [5.74, 6) is -0.398. The van der Waals surface area contributed by atoms with E-state index in [9.17, 15) is 9.18 Å². The summed E-state index contributed by atoms with van der Waals surface area (Å²) >= 11 is 6.23. The van der Waals surface area contributed by atoms with Crippen molar-refractivity contribution in [2.45, 2.75) is 26.3 Å². The molecule has 0 atom stereocenters. The summed E-state index contributed by atoms with van der Waals surface area (Å²) in [6.07, 6.45) is 1.59. The molecule has 6 heteroatoms. The largest absolute Gasteiger partial charge is 0.299 e. The summed E-state index contributed by atoms with van der Waals surface area (Å²) in [6.45, 7) is 4.30. The Kier molecular flexibility index (Phi) is 6.58. The van der Waals surface area contributed by atoms with E-state index in [0.717, 1.165) is 48.6 Å². The lowest BCUT2D eigenvalue weighted by atomic mass is 9.96. The molecule has 27 heavy (non-hydrogen) atoms. The van der Waals surface area contributed by atoms with Crippen LogP contribution in [0.15, 0.2) is 53.6 Å². The van der Waals surface area contributed by atoms with Crippen molar-refractivity contribution in [2.75, 3.05) is 13.1 Å². The normalized spacial score (nSPS) is 16.3. The van der Waals surface area contributed by atoms with E-state index in [4.69, 9.17) is 11.6 Å². The fraction of sp³-hybridized carbons (Fsp3) is 0.333. The van der Waals surface area contributed by atoms with E-state index in [1.54, 1.807) is 19.1 Å². The average Bonchev–Trinajstić information content (AvgIpc) is 2.69. The summed E-state index contributed by atoms with van der Waals surface area (Å²) in [7, 11) is 0. The molecule has 142 valence electrons. The summed E-state index contributed by atoms with van der Waals surface area (Å²) < 4.78 is 13.0. The maximum absolute atomic E-state index is 13.0. The number of hydrazone groups is 1. The molecule has 1 heterocycles. The van der Waals surface area contributed by atoms with Crippen LogP contribution < -0.4 is 5.43 Å². The number of piperidine rings is 1. The number of hydrogen-bond donors (Lipinski definition) is 1. The molecule has 0 bridgehead atoms. The van der Waals surface area contributed by atoms with Crippen molar-refractivity contribution in [3.8, 4) is 0 Å². The van der Waals surface area contributed by atoms with Gasteiger partial charge in [0.15, 0.2) is 0 Å². The van der Waals surface area contributed by atoms with Crippen LogP contribution in [0.1, 0.15) is 30.9 Å². The van der Waals surface area contributed by atoms with Crippen molar-refractivity contribution < 1.29 is 9.18 Å². The van der Waals surface area contributed by atoms with E-state index < -0.39 is 0 Å². The van der Waals surface area contributed by atoms with Gasteiger partial charge in [-0.3, -0.25) is 9.69 Å². The van der Waals surface area contributed by atoms with Gasteiger partial charge < -0.3 is 0 Å². The summed E-state index contributed by atoms with van der Waals surface area (Å²) in [5.41, 5.74) is 5.20. The molecule has 4 nitrogen and oxygen atoms in total. The van der Waals surface area contributed by atoms with E-state index in [0.29, 0.717) is 5.71 Å². The maximum Gasteiger partial charge on any atom is 0.243 e. The van der Waals surface area contributed by atoms with Crippen LogP contribution in [-0.4, -0.2) is 29.6 Å². The van der Waals surface area contributed by atoms with Gasteiger partial charge in [-0.05, 0) is 62.2 Å². The number of nitrogens with one attached hydrogen (secondary N) is 1. The molecule has 3 rings (SSSR count). The number of likely N-dealkylation sites (tertiary alicyclic amines) is 1. The highest BCUT2D eigenvalue weighted by atomic mass is 35.5. The minimum absolute atomic E-state index is 0.0442. The average molecular weight is 388 g/mol. The minimum atomic E-state index is -0.292. The maximum atomic E-state index is 13.0. The number of benzene rings is 2. The molecule has 1 amide bonds. The molecule has 1 aliphatic rings. The van der Waals surface area contributed by atoms with Gasteiger partial charge in [-0.2, -0.15) is 5.10 Å². The predicted octanol–water partition coefficient (Wildman–Crippen LogP) is 4.23. The fourth-order valence-electron chi connectivity index (χ4n) is 3.21. The molecular weight excluding hydrogens is 365 g/mol. The first kappa shape index (κ1) is 19.5. The summed E-state index contributed by atoms with van der Waals surface area (Å²) in [4.78, 5) is 14.7. The molecule has 1 aliphatic heterocycles. The second-order valence-corrected chi connectivity index (χ2v) is 7.23. The quantitative estimate of drug-likeness (QED) is 0.616. The van der Waals surface area contributed by atoms with E-state index in [2.05, 4.69) is 15.4 Å². The zero-order valence-electron chi connectivity index (χ0n) is 15.3. The first-order valence-corrected chi connectivity index (χ1v) is 9.46. The molecule has 1 N–H and O–H groups in total. The van der Waals surface area contributed by atoms with Crippen LogP contribution in [0.25, 0.3) is 0 Å². The number of carbonyl (C=O) groups is 1. The Labute approximate surface area is 164 Å². The van der Waals surface area contributed by atoms with Gasteiger partial charge in [-0.25, -0.2) is 9.82 Å². The van der Waals surface area contributed by atoms with Crippen molar-refractivity contribution in [1.82, 2.24) is 10.3 Å². The second-order valence-electron chi connectivity index (χ2n) is 6.82. The van der Waals surface area contributed by atoms with Crippen LogP contribution in [0.4, 0.5) is 4.39 Å².